The molecule has 0 radical (unpaired) electrons. The van der Waals surface area contributed by atoms with E-state index in [4.69, 9.17) is 22.1 Å². The highest BCUT2D eigenvalue weighted by Crippen LogP contribution is 2.23. The predicted molar refractivity (Wildman–Crippen MR) is 119 cm³/mol. The number of benzene rings is 2. The van der Waals surface area contributed by atoms with E-state index in [0.29, 0.717) is 18.9 Å². The Morgan fingerprint density at radius 1 is 1.00 bits per heavy atom. The van der Waals surface area contributed by atoms with E-state index in [2.05, 4.69) is 24.3 Å². The number of nitrogens with zero attached hydrogens (tertiary/aromatic N) is 1. The number of hydrogen-bond donors (Lipinski definition) is 1. The lowest BCUT2D eigenvalue weighted by molar-refractivity contribution is -0.156. The fourth-order valence-electron chi connectivity index (χ4n) is 3.59. The van der Waals surface area contributed by atoms with Crippen molar-refractivity contribution in [2.75, 3.05) is 13.1 Å². The number of piperidine rings is 1. The summed E-state index contributed by atoms with van der Waals surface area (Å²) in [5.74, 6) is 0.932. The Morgan fingerprint density at radius 3 is 2.00 bits per heavy atom. The molecule has 2 aromatic rings. The summed E-state index contributed by atoms with van der Waals surface area (Å²) in [5, 5.41) is 0.784. The summed E-state index contributed by atoms with van der Waals surface area (Å²) in [6.45, 7) is 2.32. The van der Waals surface area contributed by atoms with Crippen molar-refractivity contribution in [1.82, 2.24) is 4.90 Å². The molecule has 3 rings (SSSR count). The molecule has 2 N–H and O–H groups in total. The summed E-state index contributed by atoms with van der Waals surface area (Å²) in [7, 11) is 0. The number of aryl methyl sites for hydroxylation is 1. The van der Waals surface area contributed by atoms with Crippen molar-refractivity contribution in [1.29, 1.82) is 0 Å². The second-order valence-electron chi connectivity index (χ2n) is 7.83. The Morgan fingerprint density at radius 2 is 1.50 bits per heavy atom. The SMILES string of the molecule is NCc1ccc(CCC(=O)N2CCC(Cc3ccc(Cl)cc3)CC2)cc1.O=CC(F)(F)F. The number of carbonyl (C=O) groups excluding carboxylic acids is 2. The zero-order chi connectivity index (χ0) is 23.6. The van der Waals surface area contributed by atoms with E-state index in [1.54, 1.807) is 0 Å². The number of hydrogen-bond acceptors (Lipinski definition) is 3. The maximum atomic E-state index is 12.5. The number of nitrogens with two attached hydrogens (primary N) is 1. The average Bonchev–Trinajstić information content (AvgIpc) is 2.80. The van der Waals surface area contributed by atoms with Crippen molar-refractivity contribution in [2.24, 2.45) is 11.7 Å². The molecule has 1 fully saturated rings. The van der Waals surface area contributed by atoms with Crippen LogP contribution in [-0.2, 0) is 29.0 Å². The summed E-state index contributed by atoms with van der Waals surface area (Å²) < 4.78 is 31.2. The molecule has 1 saturated heterocycles. The monoisotopic (exact) mass is 468 g/mol. The van der Waals surface area contributed by atoms with Crippen LogP contribution >= 0.6 is 11.6 Å². The molecule has 1 heterocycles. The molecule has 4 nitrogen and oxygen atoms in total. The van der Waals surface area contributed by atoms with Crippen molar-refractivity contribution < 1.29 is 22.8 Å². The minimum atomic E-state index is -4.64. The summed E-state index contributed by atoms with van der Waals surface area (Å²) in [4.78, 5) is 23.2. The molecule has 2 aromatic carbocycles. The zero-order valence-electron chi connectivity index (χ0n) is 17.8. The van der Waals surface area contributed by atoms with Crippen molar-refractivity contribution in [2.45, 2.75) is 44.8 Å². The number of rotatable bonds is 6. The first kappa shape index (κ1) is 25.9. The molecular formula is C24H28ClF3N2O2. The molecule has 0 aliphatic carbocycles. The molecule has 1 aliphatic rings. The van der Waals surface area contributed by atoms with Gasteiger partial charge in [0.1, 0.15) is 0 Å². The van der Waals surface area contributed by atoms with Gasteiger partial charge < -0.3 is 10.6 Å². The van der Waals surface area contributed by atoms with Gasteiger partial charge in [0, 0.05) is 31.1 Å². The fraction of sp³-hybridized carbons (Fsp3) is 0.417. The van der Waals surface area contributed by atoms with Crippen molar-refractivity contribution >= 4 is 23.8 Å². The normalized spacial score (nSPS) is 14.5. The summed E-state index contributed by atoms with van der Waals surface area (Å²) >= 11 is 5.95. The molecule has 1 aliphatic heterocycles. The lowest BCUT2D eigenvalue weighted by Crippen LogP contribution is -2.39. The number of alkyl halides is 3. The lowest BCUT2D eigenvalue weighted by atomic mass is 9.90. The Bertz CT molecular complexity index is 847. The van der Waals surface area contributed by atoms with Gasteiger partial charge in [-0.25, -0.2) is 0 Å². The molecule has 8 heteroatoms. The second-order valence-corrected chi connectivity index (χ2v) is 8.27. The van der Waals surface area contributed by atoms with Gasteiger partial charge >= 0.3 is 6.18 Å². The molecule has 0 unspecified atom stereocenters. The minimum absolute atomic E-state index is 0.276. The lowest BCUT2D eigenvalue weighted by Gasteiger charge is -2.32. The smallest absolute Gasteiger partial charge is 0.343 e. The fourth-order valence-corrected chi connectivity index (χ4v) is 3.72. The molecular weight excluding hydrogens is 441 g/mol. The van der Waals surface area contributed by atoms with Crippen LogP contribution in [0.2, 0.25) is 5.02 Å². The highest BCUT2D eigenvalue weighted by molar-refractivity contribution is 6.30. The van der Waals surface area contributed by atoms with Crippen LogP contribution in [0, 0.1) is 5.92 Å². The highest BCUT2D eigenvalue weighted by Gasteiger charge is 2.25. The molecule has 0 atom stereocenters. The third-order valence-corrected chi connectivity index (χ3v) is 5.68. The first-order valence-electron chi connectivity index (χ1n) is 10.5. The van der Waals surface area contributed by atoms with E-state index in [-0.39, 0.29) is 5.91 Å². The predicted octanol–water partition coefficient (Wildman–Crippen LogP) is 4.96. The third kappa shape index (κ3) is 9.40. The topological polar surface area (TPSA) is 63.4 Å². The van der Waals surface area contributed by atoms with E-state index in [9.17, 15) is 18.0 Å². The Hall–Kier alpha value is -2.38. The van der Waals surface area contributed by atoms with E-state index < -0.39 is 12.5 Å². The third-order valence-electron chi connectivity index (χ3n) is 5.42. The van der Waals surface area contributed by atoms with E-state index >= 15 is 0 Å². The van der Waals surface area contributed by atoms with E-state index in [0.717, 1.165) is 49.4 Å². The molecule has 32 heavy (non-hydrogen) atoms. The van der Waals surface area contributed by atoms with Gasteiger partial charge in [0.05, 0.1) is 0 Å². The number of aldehydes is 1. The molecule has 0 aromatic heterocycles. The van der Waals surface area contributed by atoms with Crippen LogP contribution in [0.3, 0.4) is 0 Å². The largest absolute Gasteiger partial charge is 0.446 e. The van der Waals surface area contributed by atoms with Gasteiger partial charge in [-0.2, -0.15) is 13.2 Å². The van der Waals surface area contributed by atoms with E-state index in [1.807, 2.05) is 29.2 Å². The zero-order valence-corrected chi connectivity index (χ0v) is 18.5. The molecule has 0 bridgehead atoms. The molecule has 1 amide bonds. The highest BCUT2D eigenvalue weighted by atomic mass is 35.5. The van der Waals surface area contributed by atoms with Gasteiger partial charge in [-0.15, -0.1) is 0 Å². The van der Waals surface area contributed by atoms with Crippen LogP contribution in [0.15, 0.2) is 48.5 Å². The van der Waals surface area contributed by atoms with Crippen molar-refractivity contribution in [3.8, 4) is 0 Å². The first-order chi connectivity index (χ1) is 15.2. The van der Waals surface area contributed by atoms with Crippen LogP contribution in [0.4, 0.5) is 13.2 Å². The molecule has 174 valence electrons. The Balaban J connectivity index is 0.000000534. The average molecular weight is 469 g/mol. The number of amides is 1. The summed E-state index contributed by atoms with van der Waals surface area (Å²) in [5.41, 5.74) is 9.28. The van der Waals surface area contributed by atoms with Crippen LogP contribution < -0.4 is 5.73 Å². The minimum Gasteiger partial charge on any atom is -0.343 e. The summed E-state index contributed by atoms with van der Waals surface area (Å²) in [6, 6.07) is 16.4. The second kappa shape index (κ2) is 12.6. The molecule has 0 saturated carbocycles. The number of likely N-dealkylation sites (tertiary alicyclic amines) is 1. The maximum Gasteiger partial charge on any atom is 0.446 e. The van der Waals surface area contributed by atoms with Crippen LogP contribution in [0.1, 0.15) is 36.0 Å². The van der Waals surface area contributed by atoms with Crippen LogP contribution in [0.5, 0.6) is 0 Å². The van der Waals surface area contributed by atoms with Gasteiger partial charge in [0.15, 0.2) is 0 Å². The van der Waals surface area contributed by atoms with Gasteiger partial charge in [-0.1, -0.05) is 48.0 Å². The van der Waals surface area contributed by atoms with Crippen molar-refractivity contribution in [3.63, 3.8) is 0 Å². The van der Waals surface area contributed by atoms with Gasteiger partial charge in [-0.05, 0) is 60.4 Å². The quantitative estimate of drug-likeness (QED) is 0.609. The Kier molecular flexibility index (Phi) is 10.2. The van der Waals surface area contributed by atoms with Gasteiger partial charge in [-0.3, -0.25) is 9.59 Å². The first-order valence-corrected chi connectivity index (χ1v) is 10.9. The van der Waals surface area contributed by atoms with Crippen molar-refractivity contribution in [3.05, 3.63) is 70.2 Å². The molecule has 0 spiro atoms. The standard InChI is InChI=1S/C22H27ClN2O.C2HF3O/c23-21-8-5-18(6-9-21)15-19-11-13-25(14-12-19)22(26)10-7-17-1-3-20(16-24)4-2-17;3-2(4,5)1-6/h1-6,8-9,19H,7,10-16,24H2;1H. The van der Waals surface area contributed by atoms with Gasteiger partial charge in [0.25, 0.3) is 0 Å². The van der Waals surface area contributed by atoms with Crippen LogP contribution in [0.25, 0.3) is 0 Å². The van der Waals surface area contributed by atoms with Crippen LogP contribution in [-0.4, -0.2) is 36.4 Å². The number of halogens is 4. The maximum absolute atomic E-state index is 12.5. The van der Waals surface area contributed by atoms with E-state index in [1.165, 1.54) is 11.1 Å². The summed E-state index contributed by atoms with van der Waals surface area (Å²) in [6.07, 6.45) is -1.07. The van der Waals surface area contributed by atoms with Gasteiger partial charge in [0.2, 0.25) is 12.2 Å². The number of carbonyl (C=O) groups is 2. The Labute approximate surface area is 191 Å².